The zero-order chi connectivity index (χ0) is 13.6. The molecule has 5 heteroatoms. The third-order valence-electron chi connectivity index (χ3n) is 4.73. The van der Waals surface area contributed by atoms with E-state index < -0.39 is 0 Å². The third-order valence-corrected chi connectivity index (χ3v) is 5.93. The fourth-order valence-electron chi connectivity index (χ4n) is 3.26. The second-order valence-electron chi connectivity index (χ2n) is 6.09. The molecule has 0 amide bonds. The van der Waals surface area contributed by atoms with Crippen LogP contribution in [0.15, 0.2) is 6.33 Å². The van der Waals surface area contributed by atoms with E-state index in [1.54, 1.807) is 6.33 Å². The van der Waals surface area contributed by atoms with Gasteiger partial charge in [0.15, 0.2) is 0 Å². The van der Waals surface area contributed by atoms with Gasteiger partial charge in [0.25, 0.3) is 0 Å². The average Bonchev–Trinajstić information content (AvgIpc) is 2.91. The molecule has 0 spiro atoms. The molecule has 106 valence electrons. The van der Waals surface area contributed by atoms with E-state index in [0.717, 1.165) is 23.6 Å². The minimum atomic E-state index is 0.286. The number of thiophene rings is 1. The molecule has 2 aliphatic rings. The molecule has 0 atom stereocenters. The van der Waals surface area contributed by atoms with E-state index in [-0.39, 0.29) is 6.61 Å². The molecule has 1 fully saturated rings. The maximum Gasteiger partial charge on any atom is 0.138 e. The molecule has 0 unspecified atom stereocenters. The summed E-state index contributed by atoms with van der Waals surface area (Å²) in [5, 5.41) is 13.9. The van der Waals surface area contributed by atoms with Crippen LogP contribution in [-0.2, 0) is 12.8 Å². The zero-order valence-electron chi connectivity index (χ0n) is 11.5. The van der Waals surface area contributed by atoms with E-state index >= 15 is 0 Å². The summed E-state index contributed by atoms with van der Waals surface area (Å²) in [6, 6.07) is 0. The van der Waals surface area contributed by atoms with Gasteiger partial charge in [-0.25, -0.2) is 9.97 Å². The molecule has 0 aliphatic heterocycles. The Labute approximate surface area is 122 Å². The number of nitrogens with zero attached hydrogens (tertiary/aromatic N) is 2. The Morgan fingerprint density at radius 1 is 1.30 bits per heavy atom. The molecule has 0 bridgehead atoms. The number of aliphatic hydroxyl groups excluding tert-OH is 1. The highest BCUT2D eigenvalue weighted by atomic mass is 32.1. The van der Waals surface area contributed by atoms with Gasteiger partial charge in [-0.15, -0.1) is 11.3 Å². The lowest BCUT2D eigenvalue weighted by molar-refractivity contribution is 0.253. The summed E-state index contributed by atoms with van der Waals surface area (Å²) >= 11 is 1.83. The van der Waals surface area contributed by atoms with Crippen LogP contribution in [0.2, 0.25) is 0 Å². The molecular weight excluding hydrogens is 270 g/mol. The average molecular weight is 289 g/mol. The number of aromatic nitrogens is 2. The highest BCUT2D eigenvalue weighted by molar-refractivity contribution is 7.19. The SMILES string of the molecule is OCCC1(CNc2ncnc3sc4c(c23)CCC4)CC1. The highest BCUT2D eigenvalue weighted by Crippen LogP contribution is 2.49. The first-order chi connectivity index (χ1) is 9.81. The number of fused-ring (bicyclic) bond motifs is 3. The van der Waals surface area contributed by atoms with Crippen molar-refractivity contribution in [2.75, 3.05) is 18.5 Å². The lowest BCUT2D eigenvalue weighted by atomic mass is 10.0. The van der Waals surface area contributed by atoms with E-state index in [4.69, 9.17) is 5.11 Å². The number of aryl methyl sites for hydroxylation is 2. The Bertz CT molecular complexity index is 648. The molecule has 2 aromatic heterocycles. The Kier molecular flexibility index (Phi) is 2.93. The van der Waals surface area contributed by atoms with Gasteiger partial charge in [0.2, 0.25) is 0 Å². The van der Waals surface area contributed by atoms with Crippen molar-refractivity contribution in [3.8, 4) is 0 Å². The standard InChI is InChI=1S/C15H19N3OS/c19-7-6-15(4-5-15)8-16-13-12-10-2-1-3-11(10)20-14(12)18-9-17-13/h9,19H,1-8H2,(H,16,17,18). The van der Waals surface area contributed by atoms with Gasteiger partial charge in [-0.05, 0) is 49.5 Å². The Morgan fingerprint density at radius 2 is 2.20 bits per heavy atom. The summed E-state index contributed by atoms with van der Waals surface area (Å²) in [5.41, 5.74) is 1.78. The van der Waals surface area contributed by atoms with Crippen molar-refractivity contribution < 1.29 is 5.11 Å². The van der Waals surface area contributed by atoms with E-state index in [0.29, 0.717) is 5.41 Å². The van der Waals surface area contributed by atoms with Crippen LogP contribution in [0.4, 0.5) is 5.82 Å². The molecule has 4 rings (SSSR count). The van der Waals surface area contributed by atoms with Crippen molar-refractivity contribution in [1.29, 1.82) is 0 Å². The van der Waals surface area contributed by atoms with Gasteiger partial charge >= 0.3 is 0 Å². The quantitative estimate of drug-likeness (QED) is 0.888. The lowest BCUT2D eigenvalue weighted by Gasteiger charge is -2.15. The van der Waals surface area contributed by atoms with E-state index in [2.05, 4.69) is 15.3 Å². The van der Waals surface area contributed by atoms with Crippen LogP contribution < -0.4 is 5.32 Å². The van der Waals surface area contributed by atoms with Crippen molar-refractivity contribution in [2.45, 2.75) is 38.5 Å². The number of rotatable bonds is 5. The lowest BCUT2D eigenvalue weighted by Crippen LogP contribution is -2.17. The van der Waals surface area contributed by atoms with Crippen LogP contribution in [0.5, 0.6) is 0 Å². The number of aliphatic hydroxyl groups is 1. The molecule has 2 aromatic rings. The fraction of sp³-hybridized carbons (Fsp3) is 0.600. The van der Waals surface area contributed by atoms with Crippen molar-refractivity contribution in [3.63, 3.8) is 0 Å². The minimum absolute atomic E-state index is 0.286. The van der Waals surface area contributed by atoms with E-state index in [9.17, 15) is 0 Å². The van der Waals surface area contributed by atoms with Gasteiger partial charge in [0.1, 0.15) is 17.0 Å². The Morgan fingerprint density at radius 3 is 3.00 bits per heavy atom. The van der Waals surface area contributed by atoms with Gasteiger partial charge in [-0.1, -0.05) is 0 Å². The number of hydrogen-bond acceptors (Lipinski definition) is 5. The van der Waals surface area contributed by atoms with Gasteiger partial charge in [0.05, 0.1) is 5.39 Å². The predicted molar refractivity (Wildman–Crippen MR) is 81.3 cm³/mol. The van der Waals surface area contributed by atoms with Crippen LogP contribution in [0.3, 0.4) is 0 Å². The van der Waals surface area contributed by atoms with E-state index in [1.165, 1.54) is 47.9 Å². The van der Waals surface area contributed by atoms with Gasteiger partial charge in [0, 0.05) is 18.0 Å². The second kappa shape index (κ2) is 4.67. The highest BCUT2D eigenvalue weighted by Gasteiger charge is 2.41. The van der Waals surface area contributed by atoms with Crippen molar-refractivity contribution in [1.82, 2.24) is 9.97 Å². The molecule has 0 saturated heterocycles. The molecule has 0 radical (unpaired) electrons. The number of nitrogens with one attached hydrogen (secondary N) is 1. The van der Waals surface area contributed by atoms with Crippen LogP contribution in [-0.4, -0.2) is 28.2 Å². The van der Waals surface area contributed by atoms with Crippen molar-refractivity contribution in [3.05, 3.63) is 16.8 Å². The molecule has 2 N–H and O–H groups in total. The summed E-state index contributed by atoms with van der Waals surface area (Å²) in [7, 11) is 0. The minimum Gasteiger partial charge on any atom is -0.396 e. The summed E-state index contributed by atoms with van der Waals surface area (Å²) in [4.78, 5) is 11.5. The molecule has 4 nitrogen and oxygen atoms in total. The second-order valence-corrected chi connectivity index (χ2v) is 7.17. The normalized spacial score (nSPS) is 19.2. The van der Waals surface area contributed by atoms with Crippen LogP contribution in [0, 0.1) is 5.41 Å². The topological polar surface area (TPSA) is 58.0 Å². The maximum atomic E-state index is 9.15. The maximum absolute atomic E-state index is 9.15. The van der Waals surface area contributed by atoms with Crippen molar-refractivity contribution >= 4 is 27.4 Å². The van der Waals surface area contributed by atoms with E-state index in [1.807, 2.05) is 11.3 Å². The Hall–Kier alpha value is -1.20. The number of anilines is 1. The van der Waals surface area contributed by atoms with Crippen molar-refractivity contribution in [2.24, 2.45) is 5.41 Å². The van der Waals surface area contributed by atoms with Gasteiger partial charge in [-0.3, -0.25) is 0 Å². The third kappa shape index (κ3) is 2.00. The summed E-state index contributed by atoms with van der Waals surface area (Å²) in [5.74, 6) is 0.999. The van der Waals surface area contributed by atoms with Gasteiger partial charge < -0.3 is 10.4 Å². The van der Waals surface area contributed by atoms with Crippen LogP contribution >= 0.6 is 11.3 Å². The molecule has 1 saturated carbocycles. The summed E-state index contributed by atoms with van der Waals surface area (Å²) in [6.07, 6.45) is 8.63. The zero-order valence-corrected chi connectivity index (χ0v) is 12.3. The molecule has 2 heterocycles. The predicted octanol–water partition coefficient (Wildman–Crippen LogP) is 2.75. The molecular formula is C15H19N3OS. The smallest absolute Gasteiger partial charge is 0.138 e. The Balaban J connectivity index is 1.63. The largest absolute Gasteiger partial charge is 0.396 e. The number of hydrogen-bond donors (Lipinski definition) is 2. The first-order valence-corrected chi connectivity index (χ1v) is 8.23. The molecule has 20 heavy (non-hydrogen) atoms. The molecule has 0 aromatic carbocycles. The van der Waals surface area contributed by atoms with Crippen LogP contribution in [0.1, 0.15) is 36.1 Å². The summed E-state index contributed by atoms with van der Waals surface area (Å²) < 4.78 is 0. The van der Waals surface area contributed by atoms with Crippen LogP contribution in [0.25, 0.3) is 10.2 Å². The fourth-order valence-corrected chi connectivity index (χ4v) is 4.49. The monoisotopic (exact) mass is 289 g/mol. The first kappa shape index (κ1) is 12.5. The van der Waals surface area contributed by atoms with Gasteiger partial charge in [-0.2, -0.15) is 0 Å². The molecule has 2 aliphatic carbocycles. The first-order valence-electron chi connectivity index (χ1n) is 7.41. The summed E-state index contributed by atoms with van der Waals surface area (Å²) in [6.45, 7) is 1.21.